The molecule has 1 amide bonds. The molecular weight excluding hydrogens is 318 g/mol. The van der Waals surface area contributed by atoms with Crippen molar-refractivity contribution in [3.05, 3.63) is 29.5 Å². The van der Waals surface area contributed by atoms with E-state index in [1.54, 1.807) is 0 Å². The van der Waals surface area contributed by atoms with E-state index in [0.29, 0.717) is 31.8 Å². The predicted octanol–water partition coefficient (Wildman–Crippen LogP) is 2.26. The van der Waals surface area contributed by atoms with E-state index in [-0.39, 0.29) is 23.5 Å². The lowest BCUT2D eigenvalue weighted by Gasteiger charge is -2.56. The highest BCUT2D eigenvalue weighted by Crippen LogP contribution is 2.51. The van der Waals surface area contributed by atoms with Gasteiger partial charge in [-0.05, 0) is 38.8 Å². The molecule has 2 aromatic rings. The van der Waals surface area contributed by atoms with Crippen LogP contribution in [-0.2, 0) is 4.74 Å². The van der Waals surface area contributed by atoms with Gasteiger partial charge in [-0.25, -0.2) is 0 Å². The summed E-state index contributed by atoms with van der Waals surface area (Å²) >= 11 is 0. The van der Waals surface area contributed by atoms with E-state index >= 15 is 0 Å². The number of hydrogen-bond acceptors (Lipinski definition) is 4. The van der Waals surface area contributed by atoms with Gasteiger partial charge in [-0.3, -0.25) is 9.89 Å². The fourth-order valence-electron chi connectivity index (χ4n) is 4.38. The number of aliphatic hydroxyl groups excluding tert-OH is 1. The number of aromatic nitrogens is 2. The number of aromatic amines is 1. The smallest absolute Gasteiger partial charge is 0.274 e. The molecule has 1 aliphatic carbocycles. The van der Waals surface area contributed by atoms with Crippen molar-refractivity contribution >= 4 is 16.8 Å². The summed E-state index contributed by atoms with van der Waals surface area (Å²) in [4.78, 5) is 14.8. The molecular formula is C19H25N3O3. The van der Waals surface area contributed by atoms with Crippen molar-refractivity contribution in [3.8, 4) is 0 Å². The second-order valence-electron chi connectivity index (χ2n) is 7.34. The zero-order valence-electron chi connectivity index (χ0n) is 14.8. The summed E-state index contributed by atoms with van der Waals surface area (Å²) in [5, 5.41) is 18.4. The number of fused-ring (bicyclic) bond motifs is 1. The van der Waals surface area contributed by atoms with Crippen LogP contribution in [0.3, 0.4) is 0 Å². The van der Waals surface area contributed by atoms with Crippen molar-refractivity contribution in [1.82, 2.24) is 15.1 Å². The Kier molecular flexibility index (Phi) is 4.04. The minimum atomic E-state index is -0.310. The molecule has 0 unspecified atom stereocenters. The first-order chi connectivity index (χ1) is 12.0. The highest BCUT2D eigenvalue weighted by atomic mass is 16.5. The molecule has 1 saturated heterocycles. The molecule has 2 N–H and O–H groups in total. The molecule has 1 aliphatic heterocycles. The maximum Gasteiger partial charge on any atom is 0.274 e. The SMILES string of the molecule is CCO[C@@H]1C[C@H](O)C12CCN(C(=O)c1n[nH]c3ccc(C)cc13)CC2. The van der Waals surface area contributed by atoms with Gasteiger partial charge in [0.2, 0.25) is 0 Å². The molecule has 4 rings (SSSR count). The third kappa shape index (κ3) is 2.55. The van der Waals surface area contributed by atoms with Gasteiger partial charge in [0.25, 0.3) is 5.91 Å². The summed E-state index contributed by atoms with van der Waals surface area (Å²) in [6.07, 6.45) is 2.09. The number of nitrogens with one attached hydrogen (secondary N) is 1. The first kappa shape index (κ1) is 16.5. The van der Waals surface area contributed by atoms with Crippen LogP contribution in [0.2, 0.25) is 0 Å². The second-order valence-corrected chi connectivity index (χ2v) is 7.34. The van der Waals surface area contributed by atoms with E-state index in [4.69, 9.17) is 4.74 Å². The molecule has 0 radical (unpaired) electrons. The lowest BCUT2D eigenvalue weighted by Crippen LogP contribution is -2.62. The average Bonchev–Trinajstić information content (AvgIpc) is 3.04. The van der Waals surface area contributed by atoms with Crippen molar-refractivity contribution in [2.75, 3.05) is 19.7 Å². The molecule has 0 bridgehead atoms. The lowest BCUT2D eigenvalue weighted by molar-refractivity contribution is -0.207. The molecule has 6 nitrogen and oxygen atoms in total. The number of hydrogen-bond donors (Lipinski definition) is 2. The summed E-state index contributed by atoms with van der Waals surface area (Å²) in [5.41, 5.74) is 2.31. The number of carbonyl (C=O) groups excluding carboxylic acids is 1. The Hall–Kier alpha value is -1.92. The van der Waals surface area contributed by atoms with Crippen LogP contribution in [-0.4, -0.2) is 58.0 Å². The van der Waals surface area contributed by atoms with Crippen molar-refractivity contribution in [3.63, 3.8) is 0 Å². The standard InChI is InChI=1S/C19H25N3O3/c1-3-25-16-11-15(23)19(16)6-8-22(9-7-19)18(24)17-13-10-12(2)4-5-14(13)20-21-17/h4-5,10,15-16,23H,3,6-9,11H2,1-2H3,(H,20,21)/t15-,16+/m0/s1. The van der Waals surface area contributed by atoms with Gasteiger partial charge >= 0.3 is 0 Å². The molecule has 134 valence electrons. The zero-order valence-corrected chi connectivity index (χ0v) is 14.8. The number of ether oxygens (including phenoxy) is 1. The van der Waals surface area contributed by atoms with E-state index < -0.39 is 0 Å². The van der Waals surface area contributed by atoms with Gasteiger partial charge in [-0.1, -0.05) is 11.6 Å². The minimum absolute atomic E-state index is 0.0338. The van der Waals surface area contributed by atoms with Crippen LogP contribution < -0.4 is 0 Å². The summed E-state index contributed by atoms with van der Waals surface area (Å²) in [5.74, 6) is -0.0338. The molecule has 1 spiro atoms. The van der Waals surface area contributed by atoms with Gasteiger partial charge < -0.3 is 14.7 Å². The average molecular weight is 343 g/mol. The number of H-pyrrole nitrogens is 1. The Morgan fingerprint density at radius 3 is 2.88 bits per heavy atom. The minimum Gasteiger partial charge on any atom is -0.392 e. The fourth-order valence-corrected chi connectivity index (χ4v) is 4.38. The Morgan fingerprint density at radius 1 is 1.44 bits per heavy atom. The molecule has 2 atom stereocenters. The third-order valence-electron chi connectivity index (χ3n) is 6.01. The summed E-state index contributed by atoms with van der Waals surface area (Å²) in [7, 11) is 0. The quantitative estimate of drug-likeness (QED) is 0.896. The van der Waals surface area contributed by atoms with Gasteiger partial charge in [0.1, 0.15) is 0 Å². The topological polar surface area (TPSA) is 78.5 Å². The molecule has 1 aromatic carbocycles. The molecule has 25 heavy (non-hydrogen) atoms. The Balaban J connectivity index is 1.50. The fraction of sp³-hybridized carbons (Fsp3) is 0.579. The number of nitrogens with zero attached hydrogens (tertiary/aromatic N) is 2. The van der Waals surface area contributed by atoms with Crippen LogP contribution >= 0.6 is 0 Å². The number of carbonyl (C=O) groups is 1. The largest absolute Gasteiger partial charge is 0.392 e. The first-order valence-electron chi connectivity index (χ1n) is 9.09. The lowest BCUT2D eigenvalue weighted by atomic mass is 9.58. The van der Waals surface area contributed by atoms with Gasteiger partial charge in [0, 0.05) is 36.9 Å². The number of aryl methyl sites for hydroxylation is 1. The first-order valence-corrected chi connectivity index (χ1v) is 9.09. The maximum atomic E-state index is 12.9. The van der Waals surface area contributed by atoms with Crippen LogP contribution in [0.4, 0.5) is 0 Å². The van der Waals surface area contributed by atoms with Crippen molar-refractivity contribution < 1.29 is 14.6 Å². The number of piperidine rings is 1. The normalized spacial score (nSPS) is 25.3. The monoisotopic (exact) mass is 343 g/mol. The van der Waals surface area contributed by atoms with Gasteiger partial charge in [-0.2, -0.15) is 5.10 Å². The highest BCUT2D eigenvalue weighted by molar-refractivity contribution is 6.04. The third-order valence-corrected chi connectivity index (χ3v) is 6.01. The number of likely N-dealkylation sites (tertiary alicyclic amines) is 1. The summed E-state index contributed by atoms with van der Waals surface area (Å²) in [6, 6.07) is 5.96. The van der Waals surface area contributed by atoms with Gasteiger partial charge in [-0.15, -0.1) is 0 Å². The van der Waals surface area contributed by atoms with Gasteiger partial charge in [0.15, 0.2) is 5.69 Å². The summed E-state index contributed by atoms with van der Waals surface area (Å²) < 4.78 is 5.80. The number of amides is 1. The molecule has 6 heteroatoms. The molecule has 1 aromatic heterocycles. The molecule has 2 heterocycles. The zero-order chi connectivity index (χ0) is 17.6. The van der Waals surface area contributed by atoms with Crippen molar-refractivity contribution in [2.24, 2.45) is 5.41 Å². The van der Waals surface area contributed by atoms with E-state index in [2.05, 4.69) is 10.2 Å². The van der Waals surface area contributed by atoms with E-state index in [0.717, 1.165) is 29.3 Å². The molecule has 1 saturated carbocycles. The van der Waals surface area contributed by atoms with E-state index in [1.165, 1.54) is 0 Å². The second kappa shape index (κ2) is 6.11. The van der Waals surface area contributed by atoms with Crippen LogP contribution in [0.5, 0.6) is 0 Å². The van der Waals surface area contributed by atoms with Crippen LogP contribution in [0.15, 0.2) is 18.2 Å². The predicted molar refractivity (Wildman–Crippen MR) is 94.4 cm³/mol. The summed E-state index contributed by atoms with van der Waals surface area (Å²) in [6.45, 7) is 5.94. The van der Waals surface area contributed by atoms with Crippen LogP contribution in [0.1, 0.15) is 42.2 Å². The number of aliphatic hydroxyl groups is 1. The number of benzene rings is 1. The van der Waals surface area contributed by atoms with Crippen molar-refractivity contribution in [2.45, 2.75) is 45.3 Å². The van der Waals surface area contributed by atoms with Crippen LogP contribution in [0, 0.1) is 12.3 Å². The molecule has 2 aliphatic rings. The van der Waals surface area contributed by atoms with E-state index in [1.807, 2.05) is 36.9 Å². The van der Waals surface area contributed by atoms with E-state index in [9.17, 15) is 9.90 Å². The molecule has 2 fully saturated rings. The van der Waals surface area contributed by atoms with Crippen molar-refractivity contribution in [1.29, 1.82) is 0 Å². The Bertz CT molecular complexity index is 790. The van der Waals surface area contributed by atoms with Gasteiger partial charge in [0.05, 0.1) is 17.7 Å². The van der Waals surface area contributed by atoms with Crippen LogP contribution in [0.25, 0.3) is 10.9 Å². The Morgan fingerprint density at radius 2 is 2.20 bits per heavy atom. The number of rotatable bonds is 3. The maximum absolute atomic E-state index is 12.9. The highest BCUT2D eigenvalue weighted by Gasteiger charge is 2.56. The Labute approximate surface area is 147 Å².